The van der Waals surface area contributed by atoms with Crippen LogP contribution in [-0.2, 0) is 4.79 Å². The van der Waals surface area contributed by atoms with Crippen LogP contribution in [0.3, 0.4) is 0 Å². The molecule has 0 saturated carbocycles. The lowest BCUT2D eigenvalue weighted by molar-refractivity contribution is -0.115. The van der Waals surface area contributed by atoms with Gasteiger partial charge in [-0.3, -0.25) is 10.2 Å². The fraction of sp³-hybridized carbons (Fsp3) is 0.167. The first-order valence-corrected chi connectivity index (χ1v) is 6.74. The molecule has 2 rings (SSSR count). The lowest BCUT2D eigenvalue weighted by Gasteiger charge is -2.07. The minimum Gasteiger partial charge on any atom is -0.339 e. The Morgan fingerprint density at radius 2 is 2.19 bits per heavy atom. The molecule has 0 aliphatic rings. The lowest BCUT2D eigenvalue weighted by Crippen LogP contribution is -2.17. The van der Waals surface area contributed by atoms with Crippen molar-refractivity contribution in [1.29, 1.82) is 5.41 Å². The number of benzene rings is 1. The Kier molecular flexibility index (Phi) is 4.63. The Labute approximate surface area is 127 Å². The third-order valence-electron chi connectivity index (χ3n) is 2.49. The summed E-state index contributed by atoms with van der Waals surface area (Å²) in [7, 11) is 0. The summed E-state index contributed by atoms with van der Waals surface area (Å²) in [6.45, 7) is 1.68. The molecule has 0 aliphatic carbocycles. The van der Waals surface area contributed by atoms with E-state index in [1.165, 1.54) is 18.2 Å². The smallest absolute Gasteiger partial charge is 0.225 e. The Morgan fingerprint density at radius 1 is 1.43 bits per heavy atom. The quantitative estimate of drug-likeness (QED) is 0.577. The van der Waals surface area contributed by atoms with Gasteiger partial charge in [-0.05, 0) is 44.4 Å². The molecule has 7 nitrogen and oxygen atoms in total. The average molecular weight is 356 g/mol. The van der Waals surface area contributed by atoms with Gasteiger partial charge in [0.05, 0.1) is 4.47 Å². The monoisotopic (exact) mass is 355 g/mol. The Balaban J connectivity index is 2.15. The maximum absolute atomic E-state index is 13.1. The summed E-state index contributed by atoms with van der Waals surface area (Å²) in [5.41, 5.74) is 0.529. The number of aromatic nitrogens is 2. The normalized spacial score (nSPS) is 10.2. The predicted molar refractivity (Wildman–Crippen MR) is 77.8 cm³/mol. The van der Waals surface area contributed by atoms with E-state index in [-0.39, 0.29) is 34.1 Å². The van der Waals surface area contributed by atoms with E-state index in [4.69, 9.17) is 5.41 Å². The van der Waals surface area contributed by atoms with E-state index in [0.717, 1.165) is 0 Å². The summed E-state index contributed by atoms with van der Waals surface area (Å²) >= 11 is 3.05. The summed E-state index contributed by atoms with van der Waals surface area (Å²) in [5.74, 6) is -0.767. The van der Waals surface area contributed by atoms with Gasteiger partial charge < -0.3 is 10.6 Å². The molecule has 3 N–H and O–H groups in total. The molecular weight excluding hydrogens is 345 g/mol. The van der Waals surface area contributed by atoms with Crippen molar-refractivity contribution >= 4 is 39.2 Å². The maximum Gasteiger partial charge on any atom is 0.225 e. The number of hydrogen-bond donors (Lipinski definition) is 3. The number of rotatable bonds is 4. The summed E-state index contributed by atoms with van der Waals surface area (Å²) in [6.07, 6.45) is 0.262. The van der Waals surface area contributed by atoms with Gasteiger partial charge in [-0.15, -0.1) is 0 Å². The fourth-order valence-corrected chi connectivity index (χ4v) is 1.81. The minimum atomic E-state index is -0.411. The van der Waals surface area contributed by atoms with Crippen LogP contribution in [-0.4, -0.2) is 22.1 Å². The van der Waals surface area contributed by atoms with Crippen LogP contribution in [0, 0.1) is 11.2 Å². The number of nitrogens with zero attached hydrogens (tertiary/aromatic N) is 2. The molecule has 0 atom stereocenters. The van der Waals surface area contributed by atoms with E-state index in [9.17, 15) is 9.18 Å². The van der Waals surface area contributed by atoms with Crippen LogP contribution in [0.4, 0.5) is 15.9 Å². The van der Waals surface area contributed by atoms with E-state index in [0.29, 0.717) is 5.69 Å². The number of nitrogens with one attached hydrogen (secondary N) is 3. The maximum atomic E-state index is 13.1. The number of carbonyl (C=O) groups excluding carboxylic acids is 1. The number of anilines is 2. The molecule has 0 spiro atoms. The molecule has 0 fully saturated rings. The first-order chi connectivity index (χ1) is 10.0. The molecule has 0 aliphatic heterocycles. The number of amides is 1. The highest BCUT2D eigenvalue weighted by atomic mass is 79.9. The van der Waals surface area contributed by atoms with Gasteiger partial charge in [0, 0.05) is 12.1 Å². The first-order valence-electron chi connectivity index (χ1n) is 5.94. The summed E-state index contributed by atoms with van der Waals surface area (Å²) in [4.78, 5) is 11.3. The summed E-state index contributed by atoms with van der Waals surface area (Å²) in [6, 6.07) is 4.19. The van der Waals surface area contributed by atoms with Crippen molar-refractivity contribution in [2.75, 3.05) is 10.6 Å². The predicted octanol–water partition coefficient (Wildman–Crippen LogP) is 2.76. The highest BCUT2D eigenvalue weighted by molar-refractivity contribution is 9.10. The third-order valence-corrected chi connectivity index (χ3v) is 3.10. The second-order valence-corrected chi connectivity index (χ2v) is 4.85. The number of hydrogen-bond acceptors (Lipinski definition) is 5. The molecule has 110 valence electrons. The van der Waals surface area contributed by atoms with Crippen molar-refractivity contribution < 1.29 is 13.8 Å². The zero-order chi connectivity index (χ0) is 15.4. The molecule has 21 heavy (non-hydrogen) atoms. The van der Waals surface area contributed by atoms with Crippen molar-refractivity contribution in [3.05, 3.63) is 34.2 Å². The number of amidine groups is 1. The molecule has 1 amide bonds. The van der Waals surface area contributed by atoms with Crippen LogP contribution in [0.5, 0.6) is 0 Å². The SMILES string of the molecule is CCC(=O)Nc1nonc1C(=N)Nc1ccc(F)c(Br)c1. The van der Waals surface area contributed by atoms with Crippen LogP contribution < -0.4 is 10.6 Å². The van der Waals surface area contributed by atoms with Crippen LogP contribution in [0.1, 0.15) is 19.0 Å². The van der Waals surface area contributed by atoms with Crippen molar-refractivity contribution in [2.24, 2.45) is 0 Å². The van der Waals surface area contributed by atoms with Gasteiger partial charge in [0.15, 0.2) is 11.5 Å². The lowest BCUT2D eigenvalue weighted by atomic mass is 10.3. The van der Waals surface area contributed by atoms with Gasteiger partial charge in [0.25, 0.3) is 0 Å². The largest absolute Gasteiger partial charge is 0.339 e. The molecule has 2 aromatic rings. The van der Waals surface area contributed by atoms with Gasteiger partial charge in [0.1, 0.15) is 5.82 Å². The van der Waals surface area contributed by atoms with E-state index in [1.54, 1.807) is 6.92 Å². The van der Waals surface area contributed by atoms with Gasteiger partial charge >= 0.3 is 0 Å². The molecular formula is C12H11BrFN5O2. The number of halogens is 2. The van der Waals surface area contributed by atoms with E-state index in [1.807, 2.05) is 0 Å². The molecule has 1 aromatic heterocycles. The minimum absolute atomic E-state index is 0.0530. The van der Waals surface area contributed by atoms with E-state index < -0.39 is 5.82 Å². The molecule has 0 saturated heterocycles. The molecule has 0 radical (unpaired) electrons. The highest BCUT2D eigenvalue weighted by Gasteiger charge is 2.17. The molecule has 1 aromatic carbocycles. The fourth-order valence-electron chi connectivity index (χ4n) is 1.43. The average Bonchev–Trinajstić information content (AvgIpc) is 2.91. The van der Waals surface area contributed by atoms with Crippen molar-refractivity contribution in [1.82, 2.24) is 10.3 Å². The van der Waals surface area contributed by atoms with Gasteiger partial charge in [0.2, 0.25) is 11.7 Å². The molecule has 9 heteroatoms. The summed E-state index contributed by atoms with van der Waals surface area (Å²) < 4.78 is 17.9. The topological polar surface area (TPSA) is 104 Å². The zero-order valence-electron chi connectivity index (χ0n) is 10.9. The molecule has 0 bridgehead atoms. The Hall–Kier alpha value is -2.29. The molecule has 0 unspecified atom stereocenters. The number of carbonyl (C=O) groups is 1. The van der Waals surface area contributed by atoms with Crippen LogP contribution in [0.15, 0.2) is 27.3 Å². The standard InChI is InChI=1S/C12H11BrFN5O2/c1-2-9(20)17-12-10(18-21-19-12)11(15)16-6-3-4-8(14)7(13)5-6/h3-5H,2H2,1H3,(H2,15,16)(H,17,19,20). The second kappa shape index (κ2) is 6.44. The van der Waals surface area contributed by atoms with Crippen molar-refractivity contribution in [2.45, 2.75) is 13.3 Å². The van der Waals surface area contributed by atoms with Gasteiger partial charge in [-0.1, -0.05) is 6.92 Å². The first kappa shape index (κ1) is 15.1. The van der Waals surface area contributed by atoms with Crippen LogP contribution >= 0.6 is 15.9 Å². The zero-order valence-corrected chi connectivity index (χ0v) is 12.5. The third kappa shape index (κ3) is 3.63. The van der Waals surface area contributed by atoms with E-state index in [2.05, 4.69) is 41.5 Å². The Morgan fingerprint density at radius 3 is 2.86 bits per heavy atom. The Bertz CT molecular complexity index is 688. The second-order valence-electron chi connectivity index (χ2n) is 3.99. The van der Waals surface area contributed by atoms with Crippen molar-refractivity contribution in [3.63, 3.8) is 0 Å². The van der Waals surface area contributed by atoms with Gasteiger partial charge in [-0.25, -0.2) is 9.02 Å². The summed E-state index contributed by atoms with van der Waals surface area (Å²) in [5, 5.41) is 20.2. The van der Waals surface area contributed by atoms with Gasteiger partial charge in [-0.2, -0.15) is 0 Å². The van der Waals surface area contributed by atoms with E-state index >= 15 is 0 Å². The van der Waals surface area contributed by atoms with Crippen LogP contribution in [0.25, 0.3) is 0 Å². The highest BCUT2D eigenvalue weighted by Crippen LogP contribution is 2.21. The molecule has 1 heterocycles. The van der Waals surface area contributed by atoms with Crippen LogP contribution in [0.2, 0.25) is 0 Å². The van der Waals surface area contributed by atoms with Crippen molar-refractivity contribution in [3.8, 4) is 0 Å².